The molecule has 0 heterocycles. The summed E-state index contributed by atoms with van der Waals surface area (Å²) in [5, 5.41) is 5.03. The molecule has 2 aromatic carbocycles. The zero-order valence-corrected chi connectivity index (χ0v) is 10.3. The van der Waals surface area contributed by atoms with Crippen LogP contribution in [0.3, 0.4) is 0 Å². The van der Waals surface area contributed by atoms with E-state index in [1.54, 1.807) is 6.07 Å². The smallest absolute Gasteiger partial charge is 0.131 e. The van der Waals surface area contributed by atoms with Crippen LogP contribution in [0.4, 0.5) is 4.39 Å². The maximum absolute atomic E-state index is 13.7. The van der Waals surface area contributed by atoms with Crippen molar-refractivity contribution < 1.29 is 4.39 Å². The predicted octanol–water partition coefficient (Wildman–Crippen LogP) is 4.04. The quantitative estimate of drug-likeness (QED) is 0.837. The Bertz CT molecular complexity index is 507. The van der Waals surface area contributed by atoms with Crippen LogP contribution in [-0.4, -0.2) is 7.05 Å². The van der Waals surface area contributed by atoms with E-state index in [4.69, 9.17) is 0 Å². The number of rotatable bonds is 4. The number of benzene rings is 2. The maximum Gasteiger partial charge on any atom is 0.131 e. The van der Waals surface area contributed by atoms with Crippen molar-refractivity contribution in [3.05, 3.63) is 47.8 Å². The number of fused-ring (bicyclic) bond motifs is 1. The number of hydrogen-bond acceptors (Lipinski definition) is 1. The van der Waals surface area contributed by atoms with Crippen molar-refractivity contribution in [2.24, 2.45) is 0 Å². The molecule has 2 heteroatoms. The van der Waals surface area contributed by atoms with Crippen LogP contribution in [0.5, 0.6) is 0 Å². The monoisotopic (exact) mass is 231 g/mol. The molecule has 2 rings (SSSR count). The van der Waals surface area contributed by atoms with Gasteiger partial charge in [0.1, 0.15) is 5.82 Å². The second kappa shape index (κ2) is 5.28. The lowest BCUT2D eigenvalue weighted by molar-refractivity contribution is 0.544. The third kappa shape index (κ3) is 2.32. The van der Waals surface area contributed by atoms with Gasteiger partial charge in [-0.1, -0.05) is 43.7 Å². The topological polar surface area (TPSA) is 12.0 Å². The van der Waals surface area contributed by atoms with Gasteiger partial charge in [-0.2, -0.15) is 0 Å². The van der Waals surface area contributed by atoms with Gasteiger partial charge >= 0.3 is 0 Å². The van der Waals surface area contributed by atoms with Crippen LogP contribution in [0.2, 0.25) is 0 Å². The average Bonchev–Trinajstić information content (AvgIpc) is 2.37. The summed E-state index contributed by atoms with van der Waals surface area (Å²) in [6.45, 7) is 2.16. The molecule has 0 radical (unpaired) electrons. The van der Waals surface area contributed by atoms with E-state index in [9.17, 15) is 4.39 Å². The van der Waals surface area contributed by atoms with Crippen LogP contribution < -0.4 is 5.32 Å². The maximum atomic E-state index is 13.7. The van der Waals surface area contributed by atoms with E-state index in [0.717, 1.165) is 18.2 Å². The lowest BCUT2D eigenvalue weighted by Gasteiger charge is -2.18. The van der Waals surface area contributed by atoms with E-state index >= 15 is 0 Å². The minimum atomic E-state index is -0.143. The fraction of sp³-hybridized carbons (Fsp3) is 0.333. The minimum absolute atomic E-state index is 0.143. The largest absolute Gasteiger partial charge is 0.313 e. The van der Waals surface area contributed by atoms with Gasteiger partial charge in [0, 0.05) is 11.4 Å². The Morgan fingerprint density at radius 1 is 1.12 bits per heavy atom. The molecule has 0 fully saturated rings. The third-order valence-corrected chi connectivity index (χ3v) is 3.21. The Kier molecular flexibility index (Phi) is 3.75. The zero-order chi connectivity index (χ0) is 12.3. The molecule has 2 aromatic rings. The lowest BCUT2D eigenvalue weighted by Crippen LogP contribution is -2.16. The first-order valence-electron chi connectivity index (χ1n) is 6.12. The lowest BCUT2D eigenvalue weighted by atomic mass is 9.96. The molecule has 0 bridgehead atoms. The van der Waals surface area contributed by atoms with Crippen molar-refractivity contribution in [2.75, 3.05) is 7.05 Å². The number of halogens is 1. The molecule has 17 heavy (non-hydrogen) atoms. The highest BCUT2D eigenvalue weighted by Crippen LogP contribution is 2.28. The first-order valence-corrected chi connectivity index (χ1v) is 6.12. The summed E-state index contributed by atoms with van der Waals surface area (Å²) >= 11 is 0. The first kappa shape index (κ1) is 12.1. The van der Waals surface area contributed by atoms with Crippen molar-refractivity contribution in [3.8, 4) is 0 Å². The highest BCUT2D eigenvalue weighted by molar-refractivity contribution is 5.86. The first-order chi connectivity index (χ1) is 8.27. The zero-order valence-electron chi connectivity index (χ0n) is 10.3. The van der Waals surface area contributed by atoms with Crippen LogP contribution in [0.15, 0.2) is 36.4 Å². The van der Waals surface area contributed by atoms with E-state index in [1.165, 1.54) is 5.56 Å². The Labute approximate surface area is 102 Å². The van der Waals surface area contributed by atoms with Gasteiger partial charge in [-0.3, -0.25) is 0 Å². The fourth-order valence-corrected chi connectivity index (χ4v) is 2.33. The average molecular weight is 231 g/mol. The molecule has 1 N–H and O–H groups in total. The van der Waals surface area contributed by atoms with Gasteiger partial charge in [0.15, 0.2) is 0 Å². The SMILES string of the molecule is CCCC(NC)c1ccc(F)c2ccccc12. The highest BCUT2D eigenvalue weighted by Gasteiger charge is 2.12. The molecule has 1 unspecified atom stereocenters. The van der Waals surface area contributed by atoms with Gasteiger partial charge in [0.25, 0.3) is 0 Å². The van der Waals surface area contributed by atoms with Crippen LogP contribution in [-0.2, 0) is 0 Å². The Morgan fingerprint density at radius 2 is 1.82 bits per heavy atom. The van der Waals surface area contributed by atoms with Crippen LogP contribution >= 0.6 is 0 Å². The molecule has 0 aliphatic heterocycles. The second-order valence-corrected chi connectivity index (χ2v) is 4.31. The molecule has 1 atom stereocenters. The molecular formula is C15H18FN. The molecule has 0 saturated heterocycles. The van der Waals surface area contributed by atoms with Crippen LogP contribution in [0, 0.1) is 5.82 Å². The summed E-state index contributed by atoms with van der Waals surface area (Å²) in [4.78, 5) is 0. The summed E-state index contributed by atoms with van der Waals surface area (Å²) in [5.41, 5.74) is 1.19. The van der Waals surface area contributed by atoms with Gasteiger partial charge in [-0.05, 0) is 30.5 Å². The molecule has 0 saturated carbocycles. The number of nitrogens with one attached hydrogen (secondary N) is 1. The Balaban J connectivity index is 2.57. The summed E-state index contributed by atoms with van der Waals surface area (Å²) < 4.78 is 13.7. The number of hydrogen-bond donors (Lipinski definition) is 1. The van der Waals surface area contributed by atoms with E-state index < -0.39 is 0 Å². The van der Waals surface area contributed by atoms with Crippen molar-refractivity contribution >= 4 is 10.8 Å². The van der Waals surface area contributed by atoms with Gasteiger partial charge in [-0.15, -0.1) is 0 Å². The van der Waals surface area contributed by atoms with Crippen LogP contribution in [0.25, 0.3) is 10.8 Å². The van der Waals surface area contributed by atoms with Gasteiger partial charge in [0.2, 0.25) is 0 Å². The van der Waals surface area contributed by atoms with E-state index in [0.29, 0.717) is 11.4 Å². The van der Waals surface area contributed by atoms with Crippen molar-refractivity contribution in [1.82, 2.24) is 5.32 Å². The molecule has 0 aliphatic carbocycles. The third-order valence-electron chi connectivity index (χ3n) is 3.21. The highest BCUT2D eigenvalue weighted by atomic mass is 19.1. The molecule has 0 aliphatic rings. The van der Waals surface area contributed by atoms with Gasteiger partial charge in [-0.25, -0.2) is 4.39 Å². The van der Waals surface area contributed by atoms with Crippen LogP contribution in [0.1, 0.15) is 31.4 Å². The van der Waals surface area contributed by atoms with E-state index in [1.807, 2.05) is 37.4 Å². The molecule has 90 valence electrons. The molecule has 0 spiro atoms. The van der Waals surface area contributed by atoms with E-state index in [-0.39, 0.29) is 5.82 Å². The fourth-order valence-electron chi connectivity index (χ4n) is 2.33. The van der Waals surface area contributed by atoms with Crippen molar-refractivity contribution in [2.45, 2.75) is 25.8 Å². The normalized spacial score (nSPS) is 12.9. The Morgan fingerprint density at radius 3 is 2.47 bits per heavy atom. The summed E-state index contributed by atoms with van der Waals surface area (Å²) in [6.07, 6.45) is 2.17. The standard InChI is InChI=1S/C15H18FN/c1-3-6-15(17-2)13-9-10-14(16)12-8-5-4-7-11(12)13/h4-5,7-10,15,17H,3,6H2,1-2H3. The summed E-state index contributed by atoms with van der Waals surface area (Å²) in [7, 11) is 1.96. The molecular weight excluding hydrogens is 213 g/mol. The molecule has 0 aromatic heterocycles. The summed E-state index contributed by atoms with van der Waals surface area (Å²) in [6, 6.07) is 11.4. The van der Waals surface area contributed by atoms with Gasteiger partial charge < -0.3 is 5.32 Å². The summed E-state index contributed by atoms with van der Waals surface area (Å²) in [5.74, 6) is -0.143. The second-order valence-electron chi connectivity index (χ2n) is 4.31. The predicted molar refractivity (Wildman–Crippen MR) is 70.6 cm³/mol. The van der Waals surface area contributed by atoms with E-state index in [2.05, 4.69) is 12.2 Å². The van der Waals surface area contributed by atoms with Crippen molar-refractivity contribution in [1.29, 1.82) is 0 Å². The molecule has 0 amide bonds. The Hall–Kier alpha value is -1.41. The molecule has 1 nitrogen and oxygen atoms in total. The van der Waals surface area contributed by atoms with Crippen molar-refractivity contribution in [3.63, 3.8) is 0 Å². The van der Waals surface area contributed by atoms with Gasteiger partial charge in [0.05, 0.1) is 0 Å². The minimum Gasteiger partial charge on any atom is -0.313 e.